The zero-order valence-electron chi connectivity index (χ0n) is 18.2. The molecule has 0 bridgehead atoms. The molecule has 8 nitrogen and oxygen atoms in total. The molecule has 1 N–H and O–H groups in total. The van der Waals surface area contributed by atoms with Crippen LogP contribution in [0.3, 0.4) is 0 Å². The fourth-order valence-corrected chi connectivity index (χ4v) is 4.51. The molecule has 32 heavy (non-hydrogen) atoms. The van der Waals surface area contributed by atoms with Crippen molar-refractivity contribution in [2.75, 3.05) is 23.4 Å². The van der Waals surface area contributed by atoms with Gasteiger partial charge in [-0.1, -0.05) is 11.2 Å². The fourth-order valence-electron chi connectivity index (χ4n) is 3.20. The van der Waals surface area contributed by atoms with E-state index >= 15 is 0 Å². The van der Waals surface area contributed by atoms with Crippen molar-refractivity contribution in [2.24, 2.45) is 0 Å². The van der Waals surface area contributed by atoms with Gasteiger partial charge in [0.15, 0.2) is 12.4 Å². The zero-order chi connectivity index (χ0) is 23.1. The van der Waals surface area contributed by atoms with Crippen LogP contribution in [0.15, 0.2) is 34.2 Å². The van der Waals surface area contributed by atoms with Crippen LogP contribution in [0.5, 0.6) is 0 Å². The minimum absolute atomic E-state index is 0.0294. The first-order valence-electron chi connectivity index (χ1n) is 10.0. The third-order valence-corrected chi connectivity index (χ3v) is 6.59. The quantitative estimate of drug-likeness (QED) is 0.332. The van der Waals surface area contributed by atoms with Crippen molar-refractivity contribution in [3.63, 3.8) is 0 Å². The summed E-state index contributed by atoms with van der Waals surface area (Å²) in [6.45, 7) is 6.06. The highest BCUT2D eigenvalue weighted by Gasteiger charge is 2.18. The van der Waals surface area contributed by atoms with E-state index in [1.165, 1.54) is 4.88 Å². The van der Waals surface area contributed by atoms with Crippen molar-refractivity contribution < 1.29 is 23.6 Å². The second kappa shape index (κ2) is 11.1. The first-order chi connectivity index (χ1) is 15.3. The molecule has 0 spiro atoms. The maximum atomic E-state index is 12.6. The number of anilines is 1. The van der Waals surface area contributed by atoms with Crippen molar-refractivity contribution in [1.29, 1.82) is 0 Å². The SMILES string of the molecule is Cc1cc(NC(=O)CSCC(=O)OCC(=O)c2cc(C)n(CCc3cccs3)c2C)no1. The minimum atomic E-state index is -0.542. The van der Waals surface area contributed by atoms with E-state index in [1.54, 1.807) is 24.3 Å². The van der Waals surface area contributed by atoms with Gasteiger partial charge in [0.25, 0.3) is 0 Å². The number of amides is 1. The van der Waals surface area contributed by atoms with Gasteiger partial charge in [-0.2, -0.15) is 0 Å². The number of carbonyl (C=O) groups is 3. The standard InChI is InChI=1S/C22H25N3O5S2/c1-14-9-18(16(3)25(14)7-6-17-5-4-8-32-17)19(26)11-29-22(28)13-31-12-21(27)23-20-10-15(2)30-24-20/h4-5,8-10H,6-7,11-13H2,1-3H3,(H,23,24,27). The molecule has 0 fully saturated rings. The van der Waals surface area contributed by atoms with E-state index in [-0.39, 0.29) is 29.8 Å². The summed E-state index contributed by atoms with van der Waals surface area (Å²) >= 11 is 2.81. The number of thiophene rings is 1. The number of Topliss-reactive ketones (excluding diaryl/α,β-unsaturated/α-hetero) is 1. The van der Waals surface area contributed by atoms with Crippen molar-refractivity contribution in [1.82, 2.24) is 9.72 Å². The molecule has 170 valence electrons. The third-order valence-electron chi connectivity index (χ3n) is 4.75. The molecular formula is C22H25N3O5S2. The van der Waals surface area contributed by atoms with Gasteiger partial charge in [0.05, 0.1) is 11.5 Å². The number of thioether (sulfide) groups is 1. The highest BCUT2D eigenvalue weighted by molar-refractivity contribution is 8.00. The van der Waals surface area contributed by atoms with Crippen LogP contribution in [0.1, 0.15) is 32.4 Å². The lowest BCUT2D eigenvalue weighted by atomic mass is 10.1. The number of esters is 1. The third kappa shape index (κ3) is 6.57. The molecule has 0 aliphatic rings. The molecule has 0 saturated carbocycles. The number of ether oxygens (including phenoxy) is 1. The van der Waals surface area contributed by atoms with Crippen LogP contribution in [0.25, 0.3) is 0 Å². The molecule has 0 aromatic carbocycles. The summed E-state index contributed by atoms with van der Waals surface area (Å²) in [4.78, 5) is 37.7. The van der Waals surface area contributed by atoms with Crippen molar-refractivity contribution >= 4 is 46.6 Å². The van der Waals surface area contributed by atoms with E-state index in [0.29, 0.717) is 17.1 Å². The van der Waals surface area contributed by atoms with Crippen LogP contribution >= 0.6 is 23.1 Å². The van der Waals surface area contributed by atoms with E-state index in [4.69, 9.17) is 9.26 Å². The normalized spacial score (nSPS) is 10.8. The van der Waals surface area contributed by atoms with Gasteiger partial charge in [0.1, 0.15) is 5.76 Å². The summed E-state index contributed by atoms with van der Waals surface area (Å²) in [6, 6.07) is 7.56. The topological polar surface area (TPSA) is 103 Å². The Labute approximate surface area is 194 Å². The van der Waals surface area contributed by atoms with Gasteiger partial charge < -0.3 is 19.1 Å². The fraction of sp³-hybridized carbons (Fsp3) is 0.364. The van der Waals surface area contributed by atoms with Crippen molar-refractivity contribution in [2.45, 2.75) is 33.7 Å². The summed E-state index contributed by atoms with van der Waals surface area (Å²) in [6.07, 6.45) is 0.901. The van der Waals surface area contributed by atoms with Crippen LogP contribution in [0, 0.1) is 20.8 Å². The Kier molecular flexibility index (Phi) is 8.29. The average molecular weight is 476 g/mol. The second-order valence-electron chi connectivity index (χ2n) is 7.21. The Balaban J connectivity index is 1.41. The number of nitrogens with one attached hydrogen (secondary N) is 1. The molecule has 0 saturated heterocycles. The van der Waals surface area contributed by atoms with E-state index in [0.717, 1.165) is 36.1 Å². The lowest BCUT2D eigenvalue weighted by Gasteiger charge is -2.09. The molecule has 0 aliphatic heterocycles. The van der Waals surface area contributed by atoms with Gasteiger partial charge in [-0.3, -0.25) is 14.4 Å². The van der Waals surface area contributed by atoms with Crippen LogP contribution in [0.4, 0.5) is 5.82 Å². The lowest BCUT2D eigenvalue weighted by molar-refractivity contribution is -0.139. The predicted octanol–water partition coefficient (Wildman–Crippen LogP) is 3.80. The van der Waals surface area contributed by atoms with E-state index in [9.17, 15) is 14.4 Å². The molecule has 3 rings (SSSR count). The number of aryl methyl sites for hydroxylation is 3. The minimum Gasteiger partial charge on any atom is -0.457 e. The number of nitrogens with zero attached hydrogens (tertiary/aromatic N) is 2. The van der Waals surface area contributed by atoms with Crippen LogP contribution in [-0.4, -0.2) is 45.5 Å². The summed E-state index contributed by atoms with van der Waals surface area (Å²) < 4.78 is 12.1. The molecule has 0 unspecified atom stereocenters. The van der Waals surface area contributed by atoms with E-state index in [2.05, 4.69) is 26.5 Å². The molecule has 3 aromatic heterocycles. The van der Waals surface area contributed by atoms with Gasteiger partial charge >= 0.3 is 5.97 Å². The van der Waals surface area contributed by atoms with E-state index < -0.39 is 5.97 Å². The zero-order valence-corrected chi connectivity index (χ0v) is 19.8. The Hall–Kier alpha value is -2.85. The Morgan fingerprint density at radius 1 is 1.22 bits per heavy atom. The number of rotatable bonds is 11. The Morgan fingerprint density at radius 2 is 2.03 bits per heavy atom. The molecule has 0 aliphatic carbocycles. The maximum Gasteiger partial charge on any atom is 0.316 e. The summed E-state index contributed by atoms with van der Waals surface area (Å²) in [5, 5.41) is 8.29. The molecule has 0 radical (unpaired) electrons. The monoisotopic (exact) mass is 475 g/mol. The number of hydrogen-bond donors (Lipinski definition) is 1. The Morgan fingerprint density at radius 3 is 2.72 bits per heavy atom. The largest absolute Gasteiger partial charge is 0.457 e. The van der Waals surface area contributed by atoms with Gasteiger partial charge in [-0.15, -0.1) is 23.1 Å². The molecule has 3 aromatic rings. The van der Waals surface area contributed by atoms with Gasteiger partial charge in [-0.25, -0.2) is 0 Å². The molecule has 1 amide bonds. The first-order valence-corrected chi connectivity index (χ1v) is 12.1. The highest BCUT2D eigenvalue weighted by Crippen LogP contribution is 2.18. The smallest absolute Gasteiger partial charge is 0.316 e. The number of aromatic nitrogens is 2. The van der Waals surface area contributed by atoms with E-state index in [1.807, 2.05) is 26.0 Å². The summed E-state index contributed by atoms with van der Waals surface area (Å²) in [5.74, 6) is -0.141. The van der Waals surface area contributed by atoms with Gasteiger partial charge in [0, 0.05) is 34.4 Å². The Bertz CT molecular complexity index is 1090. The number of hydrogen-bond acceptors (Lipinski definition) is 8. The molecule has 10 heteroatoms. The van der Waals surface area contributed by atoms with Crippen molar-refractivity contribution in [3.8, 4) is 0 Å². The van der Waals surface area contributed by atoms with Crippen molar-refractivity contribution in [3.05, 3.63) is 57.2 Å². The summed E-state index contributed by atoms with van der Waals surface area (Å²) in [5.41, 5.74) is 2.43. The number of carbonyl (C=O) groups excluding carboxylic acids is 3. The lowest BCUT2D eigenvalue weighted by Crippen LogP contribution is -2.18. The van der Waals surface area contributed by atoms with Gasteiger partial charge in [-0.05, 0) is 44.7 Å². The second-order valence-corrected chi connectivity index (χ2v) is 9.23. The molecular weight excluding hydrogens is 450 g/mol. The predicted molar refractivity (Wildman–Crippen MR) is 124 cm³/mol. The van der Waals surface area contributed by atoms with Gasteiger partial charge in [0.2, 0.25) is 11.7 Å². The maximum absolute atomic E-state index is 12.6. The first kappa shape index (κ1) is 23.8. The van der Waals surface area contributed by atoms with Crippen LogP contribution in [-0.2, 0) is 27.3 Å². The molecule has 3 heterocycles. The average Bonchev–Trinajstić information content (AvgIpc) is 3.47. The molecule has 0 atom stereocenters. The summed E-state index contributed by atoms with van der Waals surface area (Å²) in [7, 11) is 0. The highest BCUT2D eigenvalue weighted by atomic mass is 32.2. The van der Waals surface area contributed by atoms with Crippen LogP contribution < -0.4 is 5.32 Å². The van der Waals surface area contributed by atoms with Crippen LogP contribution in [0.2, 0.25) is 0 Å². The number of ketones is 1.